The van der Waals surface area contributed by atoms with Gasteiger partial charge in [-0.3, -0.25) is 9.59 Å². The van der Waals surface area contributed by atoms with Crippen molar-refractivity contribution in [2.75, 3.05) is 33.4 Å². The Morgan fingerprint density at radius 3 is 2.53 bits per heavy atom. The SMILES string of the molecule is CCCOc1ccc(C2CN3C(=O)CN(CCc4c[nH]c5ccccc45)C(=O)C3(C)c3[nH]c4ccccc4c32)cc1OC. The molecule has 0 bridgehead atoms. The number of H-pyrrole nitrogens is 2. The second-order valence-corrected chi connectivity index (χ2v) is 11.7. The van der Waals surface area contributed by atoms with Crippen LogP contribution in [0, 0.1) is 0 Å². The number of benzene rings is 3. The number of carbonyl (C=O) groups excluding carboxylic acids is 2. The lowest BCUT2D eigenvalue weighted by Crippen LogP contribution is -2.67. The molecule has 2 unspecified atom stereocenters. The lowest BCUT2D eigenvalue weighted by atomic mass is 9.76. The summed E-state index contributed by atoms with van der Waals surface area (Å²) < 4.78 is 11.6. The van der Waals surface area contributed by atoms with Gasteiger partial charge in [0.2, 0.25) is 5.91 Å². The van der Waals surface area contributed by atoms with Crippen molar-refractivity contribution in [3.63, 3.8) is 0 Å². The number of piperazine rings is 1. The molecule has 2 amide bonds. The monoisotopic (exact) mass is 576 g/mol. The maximum atomic E-state index is 14.4. The minimum atomic E-state index is -1.14. The number of nitrogens with one attached hydrogen (secondary N) is 2. The van der Waals surface area contributed by atoms with Crippen molar-refractivity contribution < 1.29 is 19.1 Å². The van der Waals surface area contributed by atoms with Gasteiger partial charge in [0.1, 0.15) is 0 Å². The van der Waals surface area contributed by atoms with Crippen molar-refractivity contribution in [1.82, 2.24) is 19.8 Å². The molecule has 7 rings (SSSR count). The quantitative estimate of drug-likeness (QED) is 0.247. The van der Waals surface area contributed by atoms with Crippen LogP contribution < -0.4 is 9.47 Å². The summed E-state index contributed by atoms with van der Waals surface area (Å²) in [7, 11) is 1.64. The first-order valence-corrected chi connectivity index (χ1v) is 15.0. The molecule has 4 heterocycles. The van der Waals surface area contributed by atoms with Crippen LogP contribution in [0.4, 0.5) is 0 Å². The summed E-state index contributed by atoms with van der Waals surface area (Å²) in [6.45, 7) is 5.49. The van der Waals surface area contributed by atoms with Crippen molar-refractivity contribution >= 4 is 33.6 Å². The number of nitrogens with zero attached hydrogens (tertiary/aromatic N) is 2. The van der Waals surface area contributed by atoms with E-state index in [1.165, 1.54) is 0 Å². The molecule has 1 saturated heterocycles. The predicted molar refractivity (Wildman–Crippen MR) is 167 cm³/mol. The first-order chi connectivity index (χ1) is 20.9. The molecular formula is C35H36N4O4. The zero-order chi connectivity index (χ0) is 29.7. The summed E-state index contributed by atoms with van der Waals surface area (Å²) >= 11 is 0. The number of ether oxygens (including phenoxy) is 2. The van der Waals surface area contributed by atoms with E-state index >= 15 is 0 Å². The fourth-order valence-corrected chi connectivity index (χ4v) is 6.98. The van der Waals surface area contributed by atoms with Gasteiger partial charge in [0.05, 0.1) is 26.0 Å². The number of para-hydroxylation sites is 2. The van der Waals surface area contributed by atoms with E-state index in [1.54, 1.807) is 16.9 Å². The summed E-state index contributed by atoms with van der Waals surface area (Å²) in [4.78, 5) is 38.8. The number of fused-ring (bicyclic) bond motifs is 6. The lowest BCUT2D eigenvalue weighted by molar-refractivity contribution is -0.166. The summed E-state index contributed by atoms with van der Waals surface area (Å²) in [6.07, 6.45) is 3.56. The zero-order valence-corrected chi connectivity index (χ0v) is 24.8. The highest BCUT2D eigenvalue weighted by Crippen LogP contribution is 2.49. The summed E-state index contributed by atoms with van der Waals surface area (Å²) in [5, 5.41) is 2.20. The van der Waals surface area contributed by atoms with Gasteiger partial charge in [-0.05, 0) is 60.7 Å². The number of hydrogen-bond acceptors (Lipinski definition) is 4. The Morgan fingerprint density at radius 2 is 1.74 bits per heavy atom. The van der Waals surface area contributed by atoms with Crippen molar-refractivity contribution in [1.29, 1.82) is 0 Å². The molecule has 1 fully saturated rings. The van der Waals surface area contributed by atoms with Crippen LogP contribution in [-0.4, -0.2) is 64.9 Å². The predicted octanol–water partition coefficient (Wildman–Crippen LogP) is 5.72. The third kappa shape index (κ3) is 4.27. The largest absolute Gasteiger partial charge is 0.493 e. The van der Waals surface area contributed by atoms with Crippen molar-refractivity contribution in [2.45, 2.75) is 38.1 Å². The number of aromatic amines is 2. The van der Waals surface area contributed by atoms with Crippen LogP contribution >= 0.6 is 0 Å². The molecule has 43 heavy (non-hydrogen) atoms. The van der Waals surface area contributed by atoms with Gasteiger partial charge in [-0.25, -0.2) is 0 Å². The van der Waals surface area contributed by atoms with E-state index in [0.717, 1.165) is 50.6 Å². The molecule has 2 N–H and O–H groups in total. The van der Waals surface area contributed by atoms with E-state index in [4.69, 9.17) is 9.47 Å². The number of methoxy groups -OCH3 is 1. The van der Waals surface area contributed by atoms with Crippen LogP contribution in [0.1, 0.15) is 48.6 Å². The van der Waals surface area contributed by atoms with E-state index in [1.807, 2.05) is 61.7 Å². The van der Waals surface area contributed by atoms with E-state index in [0.29, 0.717) is 37.6 Å². The van der Waals surface area contributed by atoms with Gasteiger partial charge >= 0.3 is 0 Å². The first kappa shape index (κ1) is 27.1. The number of carbonyl (C=O) groups is 2. The Bertz CT molecular complexity index is 1860. The summed E-state index contributed by atoms with van der Waals surface area (Å²) in [5.41, 5.74) is 4.86. The summed E-state index contributed by atoms with van der Waals surface area (Å²) in [5.74, 6) is 1.10. The molecule has 2 atom stereocenters. The van der Waals surface area contributed by atoms with Crippen LogP contribution in [0.5, 0.6) is 11.5 Å². The molecule has 5 aromatic rings. The molecule has 2 aromatic heterocycles. The van der Waals surface area contributed by atoms with Gasteiger partial charge in [0.25, 0.3) is 5.91 Å². The maximum Gasteiger partial charge on any atom is 0.254 e. The van der Waals surface area contributed by atoms with E-state index < -0.39 is 5.54 Å². The smallest absolute Gasteiger partial charge is 0.254 e. The molecule has 3 aromatic carbocycles. The van der Waals surface area contributed by atoms with Crippen molar-refractivity contribution in [2.24, 2.45) is 0 Å². The average molecular weight is 577 g/mol. The third-order valence-corrected chi connectivity index (χ3v) is 9.20. The van der Waals surface area contributed by atoms with E-state index in [2.05, 4.69) is 35.1 Å². The van der Waals surface area contributed by atoms with Crippen molar-refractivity contribution in [3.05, 3.63) is 95.3 Å². The summed E-state index contributed by atoms with van der Waals surface area (Å²) in [6, 6.07) is 22.3. The number of hydrogen-bond donors (Lipinski definition) is 2. The second kappa shape index (κ2) is 10.5. The molecule has 2 aliphatic heterocycles. The third-order valence-electron chi connectivity index (χ3n) is 9.20. The molecular weight excluding hydrogens is 540 g/mol. The van der Waals surface area contributed by atoms with Crippen LogP contribution in [0.2, 0.25) is 0 Å². The Kier molecular flexibility index (Phi) is 6.64. The van der Waals surface area contributed by atoms with Crippen LogP contribution in [-0.2, 0) is 21.5 Å². The lowest BCUT2D eigenvalue weighted by Gasteiger charge is -2.51. The van der Waals surface area contributed by atoms with Crippen molar-refractivity contribution in [3.8, 4) is 11.5 Å². The van der Waals surface area contributed by atoms with Gasteiger partial charge in [-0.1, -0.05) is 49.4 Å². The van der Waals surface area contributed by atoms with Crippen LogP contribution in [0.3, 0.4) is 0 Å². The zero-order valence-electron chi connectivity index (χ0n) is 24.8. The molecule has 8 heteroatoms. The molecule has 0 radical (unpaired) electrons. The van der Waals surface area contributed by atoms with E-state index in [9.17, 15) is 9.59 Å². The Balaban J connectivity index is 1.28. The van der Waals surface area contributed by atoms with Gasteiger partial charge < -0.3 is 29.2 Å². The Morgan fingerprint density at radius 1 is 0.977 bits per heavy atom. The van der Waals surface area contributed by atoms with Gasteiger partial charge in [-0.15, -0.1) is 0 Å². The highest BCUT2D eigenvalue weighted by atomic mass is 16.5. The maximum absolute atomic E-state index is 14.4. The average Bonchev–Trinajstić information content (AvgIpc) is 3.64. The van der Waals surface area contributed by atoms with E-state index in [-0.39, 0.29) is 24.3 Å². The fraction of sp³-hybridized carbons (Fsp3) is 0.314. The van der Waals surface area contributed by atoms with Gasteiger partial charge in [0, 0.05) is 47.0 Å². The van der Waals surface area contributed by atoms with Gasteiger partial charge in [0.15, 0.2) is 17.0 Å². The Labute approximate surface area is 250 Å². The highest BCUT2D eigenvalue weighted by Gasteiger charge is 2.56. The molecule has 0 aliphatic carbocycles. The Hall–Kier alpha value is -4.72. The molecule has 220 valence electrons. The number of amides is 2. The number of aromatic nitrogens is 2. The molecule has 8 nitrogen and oxygen atoms in total. The van der Waals surface area contributed by atoms with Gasteiger partial charge in [-0.2, -0.15) is 0 Å². The minimum Gasteiger partial charge on any atom is -0.493 e. The first-order valence-electron chi connectivity index (χ1n) is 15.0. The minimum absolute atomic E-state index is 0.0507. The fourth-order valence-electron chi connectivity index (χ4n) is 6.98. The second-order valence-electron chi connectivity index (χ2n) is 11.7. The standard InChI is InChI=1S/C35H36N4O4/c1-4-17-43-29-14-13-22(18-30(29)42-3)26-20-39-31(40)21-38(16-15-23-19-36-27-11-7-5-9-24(23)27)34(41)35(39,2)33-32(26)25-10-6-8-12-28(25)37-33/h5-14,18-19,26,36-37H,4,15-17,20-21H2,1-3H3. The molecule has 2 aliphatic rings. The highest BCUT2D eigenvalue weighted by molar-refractivity contribution is 6.01. The normalized spacial score (nSPS) is 20.0. The number of rotatable bonds is 8. The molecule has 0 saturated carbocycles. The topological polar surface area (TPSA) is 90.7 Å². The van der Waals surface area contributed by atoms with Crippen LogP contribution in [0.15, 0.2) is 72.9 Å². The van der Waals surface area contributed by atoms with Crippen LogP contribution in [0.25, 0.3) is 21.8 Å². The molecule has 0 spiro atoms.